The molecule has 0 spiro atoms. The van der Waals surface area contributed by atoms with Crippen molar-refractivity contribution >= 4 is 11.8 Å². The van der Waals surface area contributed by atoms with E-state index in [1.54, 1.807) is 11.8 Å². The number of pyridine rings is 1. The van der Waals surface area contributed by atoms with Crippen LogP contribution < -0.4 is 5.56 Å². The molecule has 0 aliphatic rings. The highest BCUT2D eigenvalue weighted by atomic mass is 32.2. The lowest BCUT2D eigenvalue weighted by Gasteiger charge is -2.10. The van der Waals surface area contributed by atoms with Crippen LogP contribution in [0.4, 0.5) is 13.2 Å². The van der Waals surface area contributed by atoms with Gasteiger partial charge in [0.05, 0.1) is 5.56 Å². The Labute approximate surface area is 102 Å². The quantitative estimate of drug-likeness (QED) is 0.763. The molecular weight excluding hydrogens is 251 g/mol. The zero-order chi connectivity index (χ0) is 12.9. The van der Waals surface area contributed by atoms with Crippen LogP contribution in [0, 0.1) is 0 Å². The molecule has 6 heteroatoms. The van der Waals surface area contributed by atoms with Crippen LogP contribution in [0.3, 0.4) is 0 Å². The van der Waals surface area contributed by atoms with Crippen molar-refractivity contribution in [2.75, 3.05) is 11.5 Å². The number of alkyl halides is 3. The van der Waals surface area contributed by atoms with Crippen LogP contribution in [0.25, 0.3) is 0 Å². The maximum Gasteiger partial charge on any atom is 0.417 e. The van der Waals surface area contributed by atoms with Gasteiger partial charge in [-0.05, 0) is 24.0 Å². The van der Waals surface area contributed by atoms with E-state index in [1.165, 1.54) is 0 Å². The summed E-state index contributed by atoms with van der Waals surface area (Å²) in [5, 5.41) is 0. The lowest BCUT2D eigenvalue weighted by atomic mass is 10.2. The molecule has 0 aromatic carbocycles. The Bertz CT molecular complexity index is 414. The highest BCUT2D eigenvalue weighted by Crippen LogP contribution is 2.28. The number of thioether (sulfide) groups is 1. The van der Waals surface area contributed by atoms with E-state index in [4.69, 9.17) is 0 Å². The van der Waals surface area contributed by atoms with Crippen LogP contribution in [0.1, 0.15) is 18.9 Å². The molecular formula is C11H14F3NOS. The molecule has 0 N–H and O–H groups in total. The van der Waals surface area contributed by atoms with Gasteiger partial charge in [-0.15, -0.1) is 0 Å². The van der Waals surface area contributed by atoms with E-state index in [9.17, 15) is 18.0 Å². The molecule has 0 aliphatic carbocycles. The fourth-order valence-corrected chi connectivity index (χ4v) is 1.98. The van der Waals surface area contributed by atoms with Crippen LogP contribution in [0.5, 0.6) is 0 Å². The van der Waals surface area contributed by atoms with Crippen molar-refractivity contribution in [3.05, 3.63) is 34.2 Å². The van der Waals surface area contributed by atoms with E-state index < -0.39 is 11.7 Å². The Hall–Kier alpha value is -0.910. The third kappa shape index (κ3) is 4.46. The molecule has 0 fully saturated rings. The van der Waals surface area contributed by atoms with E-state index >= 15 is 0 Å². The fourth-order valence-electron chi connectivity index (χ4n) is 1.36. The summed E-state index contributed by atoms with van der Waals surface area (Å²) in [5.74, 6) is 1.82. The number of nitrogens with zero attached hydrogens (tertiary/aromatic N) is 1. The zero-order valence-corrected chi connectivity index (χ0v) is 10.3. The summed E-state index contributed by atoms with van der Waals surface area (Å²) in [6, 6.07) is 1.79. The minimum atomic E-state index is -4.40. The second-order valence-corrected chi connectivity index (χ2v) is 4.89. The van der Waals surface area contributed by atoms with Crippen LogP contribution in [0.15, 0.2) is 23.1 Å². The number of hydrogen-bond donors (Lipinski definition) is 0. The van der Waals surface area contributed by atoms with Crippen molar-refractivity contribution in [1.29, 1.82) is 0 Å². The van der Waals surface area contributed by atoms with Gasteiger partial charge in [-0.25, -0.2) is 0 Å². The van der Waals surface area contributed by atoms with E-state index in [2.05, 4.69) is 0 Å². The molecule has 0 amide bonds. The molecule has 2 nitrogen and oxygen atoms in total. The second kappa shape index (κ2) is 6.14. The Balaban J connectivity index is 2.74. The molecule has 0 radical (unpaired) electrons. The summed E-state index contributed by atoms with van der Waals surface area (Å²) >= 11 is 1.71. The predicted octanol–water partition coefficient (Wildman–Crippen LogP) is 3.01. The van der Waals surface area contributed by atoms with Gasteiger partial charge < -0.3 is 4.57 Å². The summed E-state index contributed by atoms with van der Waals surface area (Å²) in [6.45, 7) is 2.34. The van der Waals surface area contributed by atoms with Crippen molar-refractivity contribution in [3.63, 3.8) is 0 Å². The van der Waals surface area contributed by atoms with Crippen LogP contribution in [-0.2, 0) is 12.7 Å². The highest BCUT2D eigenvalue weighted by molar-refractivity contribution is 7.99. The van der Waals surface area contributed by atoms with Crippen LogP contribution in [0.2, 0.25) is 0 Å². The first kappa shape index (κ1) is 14.2. The SMILES string of the molecule is CCSCCCn1cc(C(F)(F)F)ccc1=O. The van der Waals surface area contributed by atoms with E-state index in [0.29, 0.717) is 13.0 Å². The third-order valence-corrected chi connectivity index (χ3v) is 3.19. The van der Waals surface area contributed by atoms with E-state index in [-0.39, 0.29) is 5.56 Å². The normalized spacial score (nSPS) is 11.8. The number of aryl methyl sites for hydroxylation is 1. The van der Waals surface area contributed by atoms with E-state index in [0.717, 1.165) is 34.4 Å². The number of hydrogen-bond acceptors (Lipinski definition) is 2. The maximum atomic E-state index is 12.4. The number of rotatable bonds is 5. The first-order valence-electron chi connectivity index (χ1n) is 5.30. The summed E-state index contributed by atoms with van der Waals surface area (Å²) < 4.78 is 38.4. The molecule has 0 saturated heterocycles. The van der Waals surface area contributed by atoms with Crippen molar-refractivity contribution in [2.45, 2.75) is 26.1 Å². The molecule has 1 rings (SSSR count). The van der Waals surface area contributed by atoms with Gasteiger partial charge in [0.15, 0.2) is 0 Å². The highest BCUT2D eigenvalue weighted by Gasteiger charge is 2.30. The van der Waals surface area contributed by atoms with Gasteiger partial charge in [0.1, 0.15) is 0 Å². The molecule has 0 atom stereocenters. The first-order chi connectivity index (χ1) is 7.95. The maximum absolute atomic E-state index is 12.4. The van der Waals surface area contributed by atoms with Gasteiger partial charge in [-0.2, -0.15) is 24.9 Å². The first-order valence-corrected chi connectivity index (χ1v) is 6.46. The zero-order valence-electron chi connectivity index (χ0n) is 9.46. The molecule has 96 valence electrons. The van der Waals surface area contributed by atoms with Crippen molar-refractivity contribution < 1.29 is 13.2 Å². The minimum absolute atomic E-state index is 0.329. The average molecular weight is 265 g/mol. The lowest BCUT2D eigenvalue weighted by molar-refractivity contribution is -0.138. The molecule has 0 saturated carbocycles. The predicted molar refractivity (Wildman–Crippen MR) is 63.3 cm³/mol. The minimum Gasteiger partial charge on any atom is -0.315 e. The monoisotopic (exact) mass is 265 g/mol. The largest absolute Gasteiger partial charge is 0.417 e. The third-order valence-electron chi connectivity index (χ3n) is 2.20. The Morgan fingerprint density at radius 3 is 2.65 bits per heavy atom. The number of aromatic nitrogens is 1. The van der Waals surface area contributed by atoms with Crippen LogP contribution in [-0.4, -0.2) is 16.1 Å². The van der Waals surface area contributed by atoms with Gasteiger partial charge >= 0.3 is 6.18 Å². The molecule has 1 heterocycles. The molecule has 1 aromatic heterocycles. The summed E-state index contributed by atoms with van der Waals surface area (Å²) in [6.07, 6.45) is -2.81. The standard InChI is InChI=1S/C11H14F3NOS/c1-2-17-7-3-6-15-8-9(11(12,13)14)4-5-10(15)16/h4-5,8H,2-3,6-7H2,1H3. The molecule has 1 aromatic rings. The number of halogens is 3. The van der Waals surface area contributed by atoms with Crippen molar-refractivity contribution in [3.8, 4) is 0 Å². The average Bonchev–Trinajstić information content (AvgIpc) is 2.25. The molecule has 0 aliphatic heterocycles. The van der Waals surface area contributed by atoms with Gasteiger partial charge in [-0.3, -0.25) is 4.79 Å². The molecule has 0 unspecified atom stereocenters. The topological polar surface area (TPSA) is 22.0 Å². The van der Waals surface area contributed by atoms with E-state index in [1.807, 2.05) is 6.92 Å². The van der Waals surface area contributed by atoms with Gasteiger partial charge in [0.25, 0.3) is 5.56 Å². The Morgan fingerprint density at radius 1 is 1.35 bits per heavy atom. The smallest absolute Gasteiger partial charge is 0.315 e. The van der Waals surface area contributed by atoms with Crippen molar-refractivity contribution in [2.24, 2.45) is 0 Å². The lowest BCUT2D eigenvalue weighted by Crippen LogP contribution is -2.21. The molecule has 0 bridgehead atoms. The Morgan fingerprint density at radius 2 is 2.06 bits per heavy atom. The molecule has 17 heavy (non-hydrogen) atoms. The van der Waals surface area contributed by atoms with Gasteiger partial charge in [-0.1, -0.05) is 6.92 Å². The summed E-state index contributed by atoms with van der Waals surface area (Å²) in [5.41, 5.74) is -1.17. The fraction of sp³-hybridized carbons (Fsp3) is 0.545. The van der Waals surface area contributed by atoms with Crippen LogP contribution >= 0.6 is 11.8 Å². The summed E-state index contributed by atoms with van der Waals surface area (Å²) in [4.78, 5) is 11.4. The Kier molecular flexibility index (Phi) is 5.11. The van der Waals surface area contributed by atoms with Crippen molar-refractivity contribution in [1.82, 2.24) is 4.57 Å². The van der Waals surface area contributed by atoms with Gasteiger partial charge in [0.2, 0.25) is 0 Å². The second-order valence-electron chi connectivity index (χ2n) is 3.50. The summed E-state index contributed by atoms with van der Waals surface area (Å²) in [7, 11) is 0. The van der Waals surface area contributed by atoms with Gasteiger partial charge in [0, 0.05) is 18.8 Å².